The summed E-state index contributed by atoms with van der Waals surface area (Å²) in [6, 6.07) is -0.000577. The number of nitrogens with one attached hydrogen (secondary N) is 2. The van der Waals surface area contributed by atoms with Crippen molar-refractivity contribution in [2.24, 2.45) is 0 Å². The van der Waals surface area contributed by atoms with Gasteiger partial charge in [0.05, 0.1) is 12.1 Å². The molecule has 1 saturated carbocycles. The molecule has 2 rings (SSSR count). The predicted molar refractivity (Wildman–Crippen MR) is 63.2 cm³/mol. The van der Waals surface area contributed by atoms with Crippen LogP contribution in [0, 0.1) is 0 Å². The van der Waals surface area contributed by atoms with Gasteiger partial charge in [-0.2, -0.15) is 0 Å². The molecule has 1 aromatic rings. The maximum atomic E-state index is 11.5. The number of carbonyl (C=O) groups is 2. The number of thiazole rings is 1. The summed E-state index contributed by atoms with van der Waals surface area (Å²) in [7, 11) is 0. The number of hydrogen-bond donors (Lipinski definition) is 3. The van der Waals surface area contributed by atoms with Crippen LogP contribution in [0.5, 0.6) is 0 Å². The summed E-state index contributed by atoms with van der Waals surface area (Å²) in [5.74, 6) is -0.930. The molecule has 0 aliphatic heterocycles. The van der Waals surface area contributed by atoms with Gasteiger partial charge in [0.15, 0.2) is 5.13 Å². The Morgan fingerprint density at radius 3 is 2.88 bits per heavy atom. The van der Waals surface area contributed by atoms with Crippen LogP contribution in [0.1, 0.15) is 25.0 Å². The molecule has 1 aliphatic carbocycles. The van der Waals surface area contributed by atoms with Crippen LogP contribution in [0.3, 0.4) is 0 Å². The fourth-order valence-corrected chi connectivity index (χ4v) is 2.18. The number of aliphatic carboxylic acids is 1. The number of urea groups is 1. The minimum absolute atomic E-state index is 0.123. The van der Waals surface area contributed by atoms with Crippen molar-refractivity contribution in [3.8, 4) is 0 Å². The van der Waals surface area contributed by atoms with Crippen LogP contribution in [-0.2, 0) is 11.2 Å². The van der Waals surface area contributed by atoms with Gasteiger partial charge in [0.1, 0.15) is 0 Å². The van der Waals surface area contributed by atoms with Crippen LogP contribution in [0.15, 0.2) is 5.38 Å². The lowest BCUT2D eigenvalue weighted by Crippen LogP contribution is -2.41. The first-order valence-corrected chi connectivity index (χ1v) is 6.25. The third-order valence-corrected chi connectivity index (χ3v) is 3.35. The van der Waals surface area contributed by atoms with Crippen molar-refractivity contribution in [2.75, 3.05) is 5.32 Å². The molecule has 1 aliphatic rings. The van der Waals surface area contributed by atoms with Gasteiger partial charge in [-0.3, -0.25) is 10.1 Å². The van der Waals surface area contributed by atoms with Gasteiger partial charge in [-0.25, -0.2) is 9.78 Å². The Hall–Kier alpha value is -1.63. The zero-order valence-electron chi connectivity index (χ0n) is 9.10. The number of rotatable bonds is 4. The second-order valence-corrected chi connectivity index (χ2v) is 4.80. The molecule has 0 spiro atoms. The van der Waals surface area contributed by atoms with Crippen molar-refractivity contribution in [1.29, 1.82) is 0 Å². The van der Waals surface area contributed by atoms with Crippen molar-refractivity contribution in [3.63, 3.8) is 0 Å². The van der Waals surface area contributed by atoms with Gasteiger partial charge >= 0.3 is 12.0 Å². The Labute approximate surface area is 102 Å². The fraction of sp³-hybridized carbons (Fsp3) is 0.500. The number of anilines is 1. The average Bonchev–Trinajstić information content (AvgIpc) is 2.58. The van der Waals surface area contributed by atoms with E-state index in [4.69, 9.17) is 5.11 Å². The monoisotopic (exact) mass is 255 g/mol. The molecular formula is C10H13N3O3S. The van der Waals surface area contributed by atoms with E-state index in [1.165, 1.54) is 11.3 Å². The molecule has 0 unspecified atom stereocenters. The maximum Gasteiger partial charge on any atom is 0.321 e. The molecule has 0 aromatic carbocycles. The molecule has 0 bridgehead atoms. The van der Waals surface area contributed by atoms with Crippen molar-refractivity contribution in [1.82, 2.24) is 10.3 Å². The lowest BCUT2D eigenvalue weighted by molar-refractivity contribution is -0.136. The highest BCUT2D eigenvalue weighted by Crippen LogP contribution is 2.19. The van der Waals surface area contributed by atoms with Gasteiger partial charge in [-0.1, -0.05) is 0 Å². The molecule has 0 saturated heterocycles. The average molecular weight is 255 g/mol. The lowest BCUT2D eigenvalue weighted by Gasteiger charge is -2.26. The van der Waals surface area contributed by atoms with E-state index < -0.39 is 5.97 Å². The van der Waals surface area contributed by atoms with Gasteiger partial charge < -0.3 is 10.4 Å². The number of nitrogens with zero attached hydrogens (tertiary/aromatic N) is 1. The van der Waals surface area contributed by atoms with E-state index in [1.54, 1.807) is 5.38 Å². The topological polar surface area (TPSA) is 91.3 Å². The van der Waals surface area contributed by atoms with Crippen molar-refractivity contribution in [2.45, 2.75) is 31.7 Å². The van der Waals surface area contributed by atoms with Gasteiger partial charge in [-0.15, -0.1) is 11.3 Å². The first kappa shape index (κ1) is 11.8. The van der Waals surface area contributed by atoms with Crippen molar-refractivity contribution in [3.05, 3.63) is 11.1 Å². The van der Waals surface area contributed by atoms with Gasteiger partial charge in [-0.05, 0) is 19.3 Å². The fourth-order valence-electron chi connectivity index (χ4n) is 1.47. The number of carboxylic acid groups (broad SMARTS) is 1. The van der Waals surface area contributed by atoms with E-state index in [1.807, 2.05) is 0 Å². The SMILES string of the molecule is O=C(O)Cc1csc(NC(=O)NC2CCC2)n1. The minimum Gasteiger partial charge on any atom is -0.481 e. The summed E-state index contributed by atoms with van der Waals surface area (Å²) in [6.45, 7) is 0. The highest BCUT2D eigenvalue weighted by molar-refractivity contribution is 7.13. The first-order valence-electron chi connectivity index (χ1n) is 5.37. The van der Waals surface area contributed by atoms with Crippen molar-refractivity contribution >= 4 is 28.5 Å². The molecule has 1 aromatic heterocycles. The zero-order chi connectivity index (χ0) is 12.3. The van der Waals surface area contributed by atoms with Gasteiger partial charge in [0, 0.05) is 11.4 Å². The van der Waals surface area contributed by atoms with E-state index >= 15 is 0 Å². The van der Waals surface area contributed by atoms with Crippen LogP contribution in [0.25, 0.3) is 0 Å². The quantitative estimate of drug-likeness (QED) is 0.759. The second kappa shape index (κ2) is 5.13. The maximum absolute atomic E-state index is 11.5. The van der Waals surface area contributed by atoms with Crippen LogP contribution < -0.4 is 10.6 Å². The normalized spacial score (nSPS) is 15.1. The van der Waals surface area contributed by atoms with Gasteiger partial charge in [0.2, 0.25) is 0 Å². The van der Waals surface area contributed by atoms with Crippen LogP contribution >= 0.6 is 11.3 Å². The number of carbonyl (C=O) groups excluding carboxylic acids is 1. The Morgan fingerprint density at radius 1 is 1.53 bits per heavy atom. The highest BCUT2D eigenvalue weighted by atomic mass is 32.1. The second-order valence-electron chi connectivity index (χ2n) is 3.94. The third kappa shape index (κ3) is 3.42. The molecule has 7 heteroatoms. The minimum atomic E-state index is -0.930. The smallest absolute Gasteiger partial charge is 0.321 e. The number of aromatic nitrogens is 1. The largest absolute Gasteiger partial charge is 0.481 e. The van der Waals surface area contributed by atoms with E-state index in [0.717, 1.165) is 19.3 Å². The van der Waals surface area contributed by atoms with E-state index in [0.29, 0.717) is 10.8 Å². The molecule has 0 radical (unpaired) electrons. The highest BCUT2D eigenvalue weighted by Gasteiger charge is 2.19. The van der Waals surface area contributed by atoms with Gasteiger partial charge in [0.25, 0.3) is 0 Å². The molecule has 1 fully saturated rings. The number of hydrogen-bond acceptors (Lipinski definition) is 4. The van der Waals surface area contributed by atoms with E-state index in [2.05, 4.69) is 15.6 Å². The molecular weight excluding hydrogens is 242 g/mol. The summed E-state index contributed by atoms with van der Waals surface area (Å²) in [4.78, 5) is 25.9. The van der Waals surface area contributed by atoms with Crippen molar-refractivity contribution < 1.29 is 14.7 Å². The summed E-state index contributed by atoms with van der Waals surface area (Å²) in [5.41, 5.74) is 0.460. The molecule has 0 atom stereocenters. The van der Waals surface area contributed by atoms with Crippen LogP contribution in [0.4, 0.5) is 9.93 Å². The lowest BCUT2D eigenvalue weighted by atomic mass is 9.93. The van der Waals surface area contributed by atoms with E-state index in [9.17, 15) is 9.59 Å². The summed E-state index contributed by atoms with van der Waals surface area (Å²) < 4.78 is 0. The molecule has 3 N–H and O–H groups in total. The molecule has 1 heterocycles. The molecule has 6 nitrogen and oxygen atoms in total. The summed E-state index contributed by atoms with van der Waals surface area (Å²) in [5, 5.41) is 16.1. The Balaban J connectivity index is 1.83. The zero-order valence-corrected chi connectivity index (χ0v) is 9.92. The first-order chi connectivity index (χ1) is 8.13. The van der Waals surface area contributed by atoms with E-state index in [-0.39, 0.29) is 18.5 Å². The standard InChI is InChI=1S/C10H13N3O3S/c14-8(15)4-7-5-17-10(12-7)13-9(16)11-6-2-1-3-6/h5-6H,1-4H2,(H,14,15)(H2,11,12,13,16). The molecule has 17 heavy (non-hydrogen) atoms. The summed E-state index contributed by atoms with van der Waals surface area (Å²) >= 11 is 1.23. The summed E-state index contributed by atoms with van der Waals surface area (Å²) in [6.07, 6.45) is 3.08. The third-order valence-electron chi connectivity index (χ3n) is 2.54. The Morgan fingerprint density at radius 2 is 2.29 bits per heavy atom. The van der Waals surface area contributed by atoms with Crippen LogP contribution in [0.2, 0.25) is 0 Å². The molecule has 2 amide bonds. The van der Waals surface area contributed by atoms with Crippen LogP contribution in [-0.4, -0.2) is 28.1 Å². The number of amides is 2. The Bertz CT molecular complexity index is 428. The predicted octanol–water partition coefficient (Wildman–Crippen LogP) is 1.44. The Kier molecular flexibility index (Phi) is 3.58. The molecule has 92 valence electrons. The number of carboxylic acids is 1.